The highest BCUT2D eigenvalue weighted by Crippen LogP contribution is 2.36. The number of aromatic nitrogens is 1. The van der Waals surface area contributed by atoms with Gasteiger partial charge in [0.15, 0.2) is 22.3 Å². The molecule has 0 spiro atoms. The molecule has 0 aliphatic heterocycles. The number of nitrogens with zero attached hydrogens (tertiary/aromatic N) is 2. The highest BCUT2D eigenvalue weighted by molar-refractivity contribution is 6.46. The van der Waals surface area contributed by atoms with Crippen molar-refractivity contribution in [1.82, 2.24) is 10.4 Å². The van der Waals surface area contributed by atoms with Crippen LogP contribution in [0.3, 0.4) is 0 Å². The Morgan fingerprint density at radius 3 is 2.59 bits per heavy atom. The van der Waals surface area contributed by atoms with Gasteiger partial charge in [-0.2, -0.15) is 5.10 Å². The van der Waals surface area contributed by atoms with E-state index in [0.717, 1.165) is 6.42 Å². The lowest BCUT2D eigenvalue weighted by Gasteiger charge is -2.13. The zero-order valence-electron chi connectivity index (χ0n) is 15.6. The summed E-state index contributed by atoms with van der Waals surface area (Å²) < 4.78 is 11.2. The Morgan fingerprint density at radius 1 is 1.21 bits per heavy atom. The molecule has 0 fully saturated rings. The summed E-state index contributed by atoms with van der Waals surface area (Å²) in [6, 6.07) is 3.32. The van der Waals surface area contributed by atoms with E-state index >= 15 is 0 Å². The molecule has 0 saturated carbocycles. The van der Waals surface area contributed by atoms with Gasteiger partial charge in [0.1, 0.15) is 5.02 Å². The average Bonchev–Trinajstić information content (AvgIpc) is 2.68. The Balaban J connectivity index is 2.21. The SMILES string of the molecule is CCCOc1c(Cl)cc(/C=N/NC(=O)c2nc(Cl)c(Cl)c(N)c2Cl)cc1OCC. The third-order valence-corrected chi connectivity index (χ3v) is 4.87. The van der Waals surface area contributed by atoms with E-state index in [1.165, 1.54) is 6.21 Å². The van der Waals surface area contributed by atoms with E-state index in [2.05, 4.69) is 15.5 Å². The van der Waals surface area contributed by atoms with Crippen molar-refractivity contribution < 1.29 is 14.3 Å². The van der Waals surface area contributed by atoms with Gasteiger partial charge in [-0.1, -0.05) is 53.3 Å². The van der Waals surface area contributed by atoms with Gasteiger partial charge in [0.05, 0.1) is 35.2 Å². The van der Waals surface area contributed by atoms with Crippen LogP contribution in [0.25, 0.3) is 0 Å². The van der Waals surface area contributed by atoms with Crippen molar-refractivity contribution in [3.05, 3.63) is 43.6 Å². The molecule has 29 heavy (non-hydrogen) atoms. The van der Waals surface area contributed by atoms with Gasteiger partial charge < -0.3 is 15.2 Å². The normalized spacial score (nSPS) is 11.0. The van der Waals surface area contributed by atoms with Crippen LogP contribution in [0.4, 0.5) is 5.69 Å². The van der Waals surface area contributed by atoms with Gasteiger partial charge in [-0.25, -0.2) is 10.4 Å². The van der Waals surface area contributed by atoms with Crippen molar-refractivity contribution in [1.29, 1.82) is 0 Å². The standard InChI is InChI=1S/C18H18Cl4N4O3/c1-3-5-29-16-10(19)6-9(7-11(16)28-4-2)8-24-26-18(27)15-12(20)14(23)13(21)17(22)25-15/h6-8H,3-5H2,1-2H3,(H2,23,25)(H,26,27)/b24-8+. The molecule has 0 bridgehead atoms. The number of carbonyl (C=O) groups is 1. The van der Waals surface area contributed by atoms with Gasteiger partial charge in [0.25, 0.3) is 5.91 Å². The summed E-state index contributed by atoms with van der Waals surface area (Å²) in [6.07, 6.45) is 2.21. The maximum Gasteiger partial charge on any atom is 0.291 e. The largest absolute Gasteiger partial charge is 0.490 e. The number of nitrogen functional groups attached to an aromatic ring is 1. The first kappa shape index (κ1) is 23.3. The van der Waals surface area contributed by atoms with Gasteiger partial charge >= 0.3 is 0 Å². The van der Waals surface area contributed by atoms with Gasteiger partial charge in [-0.3, -0.25) is 4.79 Å². The number of carbonyl (C=O) groups excluding carboxylic acids is 1. The fraction of sp³-hybridized carbons (Fsp3) is 0.278. The Bertz CT molecular complexity index is 938. The molecule has 0 saturated heterocycles. The lowest BCUT2D eigenvalue weighted by Crippen LogP contribution is -2.20. The van der Waals surface area contributed by atoms with E-state index in [1.807, 2.05) is 13.8 Å². The molecule has 3 N–H and O–H groups in total. The van der Waals surface area contributed by atoms with Crippen LogP contribution in [-0.2, 0) is 0 Å². The molecular formula is C18H18Cl4N4O3. The smallest absolute Gasteiger partial charge is 0.291 e. The average molecular weight is 480 g/mol. The predicted molar refractivity (Wildman–Crippen MR) is 117 cm³/mol. The van der Waals surface area contributed by atoms with E-state index in [4.69, 9.17) is 61.6 Å². The number of hydrogen-bond donors (Lipinski definition) is 2. The number of hydrogen-bond acceptors (Lipinski definition) is 6. The number of halogens is 4. The van der Waals surface area contributed by atoms with E-state index in [-0.39, 0.29) is 26.6 Å². The number of anilines is 1. The number of pyridine rings is 1. The van der Waals surface area contributed by atoms with E-state index < -0.39 is 5.91 Å². The summed E-state index contributed by atoms with van der Waals surface area (Å²) in [5.41, 5.74) is 8.33. The van der Waals surface area contributed by atoms with E-state index in [1.54, 1.807) is 12.1 Å². The van der Waals surface area contributed by atoms with Crippen LogP contribution in [0, 0.1) is 0 Å². The molecule has 2 aromatic rings. The third kappa shape index (κ3) is 5.79. The number of nitrogens with one attached hydrogen (secondary N) is 1. The van der Waals surface area contributed by atoms with Crippen LogP contribution >= 0.6 is 46.4 Å². The van der Waals surface area contributed by atoms with Crippen molar-refractivity contribution in [3.8, 4) is 11.5 Å². The summed E-state index contributed by atoms with van der Waals surface area (Å²) >= 11 is 24.0. The molecule has 0 aliphatic rings. The zero-order valence-corrected chi connectivity index (χ0v) is 18.6. The van der Waals surface area contributed by atoms with Crippen molar-refractivity contribution >= 4 is 64.2 Å². The summed E-state index contributed by atoms with van der Waals surface area (Å²) in [5, 5.41) is 3.95. The minimum atomic E-state index is -0.712. The third-order valence-electron chi connectivity index (χ3n) is 3.45. The highest BCUT2D eigenvalue weighted by Gasteiger charge is 2.19. The second kappa shape index (κ2) is 10.7. The summed E-state index contributed by atoms with van der Waals surface area (Å²) in [4.78, 5) is 16.1. The predicted octanol–water partition coefficient (Wildman–Crippen LogP) is 5.23. The molecule has 1 amide bonds. The monoisotopic (exact) mass is 478 g/mol. The number of amides is 1. The molecule has 2 rings (SSSR count). The summed E-state index contributed by atoms with van der Waals surface area (Å²) in [6.45, 7) is 4.77. The number of benzene rings is 1. The highest BCUT2D eigenvalue weighted by atomic mass is 35.5. The molecule has 0 radical (unpaired) electrons. The lowest BCUT2D eigenvalue weighted by molar-refractivity contribution is 0.0950. The van der Waals surface area contributed by atoms with Crippen molar-refractivity contribution in [3.63, 3.8) is 0 Å². The molecule has 1 aromatic heterocycles. The topological polar surface area (TPSA) is 98.8 Å². The van der Waals surface area contributed by atoms with Gasteiger partial charge in [-0.05, 0) is 31.0 Å². The van der Waals surface area contributed by atoms with Crippen LogP contribution in [-0.4, -0.2) is 30.3 Å². The number of hydrazone groups is 1. The summed E-state index contributed by atoms with van der Waals surface area (Å²) in [7, 11) is 0. The van der Waals surface area contributed by atoms with E-state index in [0.29, 0.717) is 35.3 Å². The second-order valence-corrected chi connectivity index (χ2v) is 7.12. The van der Waals surface area contributed by atoms with Crippen molar-refractivity contribution in [2.24, 2.45) is 5.10 Å². The maximum atomic E-state index is 12.3. The second-order valence-electron chi connectivity index (χ2n) is 5.60. The lowest BCUT2D eigenvalue weighted by atomic mass is 10.2. The Kier molecular flexibility index (Phi) is 8.64. The van der Waals surface area contributed by atoms with Crippen LogP contribution < -0.4 is 20.6 Å². The molecule has 11 heteroatoms. The molecular weight excluding hydrogens is 462 g/mol. The Morgan fingerprint density at radius 2 is 1.93 bits per heavy atom. The van der Waals surface area contributed by atoms with Crippen LogP contribution in [0.2, 0.25) is 20.2 Å². The molecule has 1 heterocycles. The van der Waals surface area contributed by atoms with Gasteiger partial charge in [0.2, 0.25) is 0 Å². The zero-order chi connectivity index (χ0) is 21.6. The Hall–Kier alpha value is -1.93. The van der Waals surface area contributed by atoms with E-state index in [9.17, 15) is 4.79 Å². The first-order valence-electron chi connectivity index (χ1n) is 8.52. The first-order chi connectivity index (χ1) is 13.8. The molecule has 7 nitrogen and oxygen atoms in total. The van der Waals surface area contributed by atoms with Crippen molar-refractivity contribution in [2.45, 2.75) is 20.3 Å². The molecule has 0 unspecified atom stereocenters. The summed E-state index contributed by atoms with van der Waals surface area (Å²) in [5.74, 6) is 0.220. The van der Waals surface area contributed by atoms with Crippen LogP contribution in [0.5, 0.6) is 11.5 Å². The number of ether oxygens (including phenoxy) is 2. The number of nitrogens with two attached hydrogens (primary N) is 1. The fourth-order valence-electron chi connectivity index (χ4n) is 2.17. The molecule has 156 valence electrons. The van der Waals surface area contributed by atoms with Crippen LogP contribution in [0.15, 0.2) is 17.2 Å². The van der Waals surface area contributed by atoms with Gasteiger partial charge in [0, 0.05) is 0 Å². The molecule has 0 aliphatic carbocycles. The van der Waals surface area contributed by atoms with Crippen molar-refractivity contribution in [2.75, 3.05) is 18.9 Å². The first-order valence-corrected chi connectivity index (χ1v) is 10.0. The minimum Gasteiger partial charge on any atom is -0.490 e. The van der Waals surface area contributed by atoms with Crippen LogP contribution in [0.1, 0.15) is 36.3 Å². The quantitative estimate of drug-likeness (QED) is 0.307. The molecule has 0 atom stereocenters. The Labute approximate surface area is 188 Å². The molecule has 1 aromatic carbocycles. The maximum absolute atomic E-state index is 12.3. The number of rotatable bonds is 8. The fourth-order valence-corrected chi connectivity index (χ4v) is 3.04. The van der Waals surface area contributed by atoms with Gasteiger partial charge in [-0.15, -0.1) is 0 Å². The minimum absolute atomic E-state index is 0.0276.